The van der Waals surface area contributed by atoms with Gasteiger partial charge in [-0.1, -0.05) is 20.8 Å². The first-order valence-electron chi connectivity index (χ1n) is 10.8. The van der Waals surface area contributed by atoms with Crippen LogP contribution >= 0.6 is 0 Å². The van der Waals surface area contributed by atoms with E-state index in [-0.39, 0.29) is 10.8 Å². The molecule has 2 aliphatic carbocycles. The van der Waals surface area contributed by atoms with Gasteiger partial charge in [-0.15, -0.1) is 0 Å². The molecule has 1 aliphatic heterocycles. The number of nitrogens with zero attached hydrogens (tertiary/aromatic N) is 3. The Kier molecular flexibility index (Phi) is 3.58. The first-order chi connectivity index (χ1) is 13.2. The van der Waals surface area contributed by atoms with Crippen molar-refractivity contribution in [3.8, 4) is 0 Å². The Bertz CT molecular complexity index is 1000. The minimum absolute atomic E-state index is 0.103. The monoisotopic (exact) mass is 377 g/mol. The highest BCUT2D eigenvalue weighted by Gasteiger charge is 2.73. The van der Waals surface area contributed by atoms with Gasteiger partial charge in [0.2, 0.25) is 5.91 Å². The molecule has 0 N–H and O–H groups in total. The first kappa shape index (κ1) is 18.1. The van der Waals surface area contributed by atoms with Crippen LogP contribution in [-0.4, -0.2) is 33.9 Å². The SMILES string of the molecule is Cc1cc2nc3c(nc2cc1C)C1(C(=O)N2CCCCC2)CCC3(C)C1(C)C. The van der Waals surface area contributed by atoms with Crippen LogP contribution < -0.4 is 0 Å². The molecule has 5 rings (SSSR count). The van der Waals surface area contributed by atoms with Gasteiger partial charge in [0.05, 0.1) is 27.8 Å². The summed E-state index contributed by atoms with van der Waals surface area (Å²) in [7, 11) is 0. The Hall–Kier alpha value is -1.97. The predicted octanol–water partition coefficient (Wildman–Crippen LogP) is 4.59. The van der Waals surface area contributed by atoms with Gasteiger partial charge in [-0.3, -0.25) is 4.79 Å². The van der Waals surface area contributed by atoms with E-state index in [4.69, 9.17) is 9.97 Å². The maximum atomic E-state index is 14.0. The third kappa shape index (κ3) is 1.94. The van der Waals surface area contributed by atoms with Crippen LogP contribution in [0.25, 0.3) is 11.0 Å². The van der Waals surface area contributed by atoms with Crippen molar-refractivity contribution in [3.63, 3.8) is 0 Å². The minimum atomic E-state index is -0.533. The molecule has 28 heavy (non-hydrogen) atoms. The number of carbonyl (C=O) groups excluding carboxylic acids is 1. The van der Waals surface area contributed by atoms with E-state index >= 15 is 0 Å². The second-order valence-corrected chi connectivity index (χ2v) is 10.1. The van der Waals surface area contributed by atoms with Gasteiger partial charge in [0.25, 0.3) is 0 Å². The maximum absolute atomic E-state index is 14.0. The van der Waals surface area contributed by atoms with E-state index in [0.717, 1.165) is 61.2 Å². The van der Waals surface area contributed by atoms with E-state index in [2.05, 4.69) is 51.7 Å². The van der Waals surface area contributed by atoms with Gasteiger partial charge >= 0.3 is 0 Å². The van der Waals surface area contributed by atoms with Gasteiger partial charge in [-0.25, -0.2) is 9.97 Å². The van der Waals surface area contributed by atoms with Crippen molar-refractivity contribution in [2.75, 3.05) is 13.1 Å². The lowest BCUT2D eigenvalue weighted by atomic mass is 9.63. The van der Waals surface area contributed by atoms with Crippen LogP contribution in [-0.2, 0) is 15.6 Å². The highest BCUT2D eigenvalue weighted by Crippen LogP contribution is 2.70. The molecule has 2 bridgehead atoms. The molecule has 0 spiro atoms. The zero-order valence-corrected chi connectivity index (χ0v) is 17.9. The van der Waals surface area contributed by atoms with Crippen molar-refractivity contribution in [1.82, 2.24) is 14.9 Å². The first-order valence-corrected chi connectivity index (χ1v) is 10.8. The molecular weight excluding hydrogens is 346 g/mol. The van der Waals surface area contributed by atoms with Crippen molar-refractivity contribution in [2.45, 2.75) is 77.6 Å². The van der Waals surface area contributed by atoms with Crippen molar-refractivity contribution in [3.05, 3.63) is 34.6 Å². The Balaban J connectivity index is 1.76. The lowest BCUT2D eigenvalue weighted by Gasteiger charge is -2.43. The van der Waals surface area contributed by atoms with E-state index in [1.54, 1.807) is 0 Å². The quantitative estimate of drug-likeness (QED) is 0.730. The highest BCUT2D eigenvalue weighted by molar-refractivity contribution is 5.93. The molecule has 1 saturated heterocycles. The summed E-state index contributed by atoms with van der Waals surface area (Å²) in [4.78, 5) is 26.4. The number of fused-ring (bicyclic) bond motifs is 6. The number of likely N-dealkylation sites (tertiary alicyclic amines) is 1. The maximum Gasteiger partial charge on any atom is 0.235 e. The summed E-state index contributed by atoms with van der Waals surface area (Å²) in [6.45, 7) is 12.9. The molecule has 1 amide bonds. The third-order valence-electron chi connectivity index (χ3n) is 8.66. The molecule has 2 atom stereocenters. The molecule has 2 aromatic rings. The molecule has 1 aromatic carbocycles. The lowest BCUT2D eigenvalue weighted by Crippen LogP contribution is -2.53. The zero-order valence-electron chi connectivity index (χ0n) is 17.9. The summed E-state index contributed by atoms with van der Waals surface area (Å²) in [5.41, 5.74) is 5.59. The van der Waals surface area contributed by atoms with Crippen molar-refractivity contribution < 1.29 is 4.79 Å². The molecule has 1 saturated carbocycles. The summed E-state index contributed by atoms with van der Waals surface area (Å²) in [6, 6.07) is 4.29. The lowest BCUT2D eigenvalue weighted by molar-refractivity contribution is -0.142. The molecule has 2 fully saturated rings. The molecule has 148 valence electrons. The molecular formula is C24H31N3O. The Labute approximate surface area is 167 Å². The highest BCUT2D eigenvalue weighted by atomic mass is 16.2. The fourth-order valence-electron chi connectivity index (χ4n) is 6.20. The van der Waals surface area contributed by atoms with Crippen LogP contribution in [0.2, 0.25) is 0 Å². The van der Waals surface area contributed by atoms with E-state index in [0.29, 0.717) is 5.91 Å². The van der Waals surface area contributed by atoms with Gasteiger partial charge < -0.3 is 4.90 Å². The normalized spacial score (nSPS) is 30.7. The minimum Gasteiger partial charge on any atom is -0.342 e. The molecule has 2 heterocycles. The molecule has 3 aliphatic rings. The van der Waals surface area contributed by atoms with E-state index in [1.807, 2.05) is 0 Å². The predicted molar refractivity (Wildman–Crippen MR) is 111 cm³/mol. The van der Waals surface area contributed by atoms with Crippen LogP contribution in [0.3, 0.4) is 0 Å². The average molecular weight is 378 g/mol. The molecule has 1 aromatic heterocycles. The summed E-state index contributed by atoms with van der Waals surface area (Å²) in [6.07, 6.45) is 5.38. The van der Waals surface area contributed by atoms with Crippen molar-refractivity contribution in [1.29, 1.82) is 0 Å². The van der Waals surface area contributed by atoms with Crippen LogP contribution in [0, 0.1) is 19.3 Å². The second kappa shape index (κ2) is 5.55. The Morgan fingerprint density at radius 1 is 0.893 bits per heavy atom. The zero-order chi connectivity index (χ0) is 19.9. The summed E-state index contributed by atoms with van der Waals surface area (Å²) in [5.74, 6) is 0.303. The van der Waals surface area contributed by atoms with Gasteiger partial charge in [-0.05, 0) is 74.6 Å². The van der Waals surface area contributed by atoms with Gasteiger partial charge in [-0.2, -0.15) is 0 Å². The summed E-state index contributed by atoms with van der Waals surface area (Å²) < 4.78 is 0. The van der Waals surface area contributed by atoms with Gasteiger partial charge in [0, 0.05) is 18.5 Å². The molecule has 4 nitrogen and oxygen atoms in total. The number of aromatic nitrogens is 2. The third-order valence-corrected chi connectivity index (χ3v) is 8.66. The average Bonchev–Trinajstić information content (AvgIpc) is 2.97. The second-order valence-electron chi connectivity index (χ2n) is 10.1. The van der Waals surface area contributed by atoms with Crippen LogP contribution in [0.4, 0.5) is 0 Å². The molecule has 2 unspecified atom stereocenters. The van der Waals surface area contributed by atoms with Crippen LogP contribution in [0.15, 0.2) is 12.1 Å². The largest absolute Gasteiger partial charge is 0.342 e. The fourth-order valence-corrected chi connectivity index (χ4v) is 6.20. The number of benzene rings is 1. The number of rotatable bonds is 1. The molecule has 4 heteroatoms. The summed E-state index contributed by atoms with van der Waals surface area (Å²) in [5, 5.41) is 0. The molecule has 0 radical (unpaired) electrons. The van der Waals surface area contributed by atoms with Crippen molar-refractivity contribution >= 4 is 16.9 Å². The Morgan fingerprint density at radius 3 is 2.07 bits per heavy atom. The standard InChI is InChI=1S/C24H31N3O/c1-15-13-17-18(14-16(15)2)26-20-19(25-17)23(5)9-10-24(20,22(23,3)4)21(28)27-11-7-6-8-12-27/h13-14H,6-12H2,1-5H3. The Morgan fingerprint density at radius 2 is 1.46 bits per heavy atom. The number of aryl methyl sites for hydroxylation is 2. The number of carbonyl (C=O) groups is 1. The van der Waals surface area contributed by atoms with E-state index in [1.165, 1.54) is 17.5 Å². The number of hydrogen-bond acceptors (Lipinski definition) is 3. The fraction of sp³-hybridized carbons (Fsp3) is 0.625. The van der Waals surface area contributed by atoms with E-state index < -0.39 is 5.41 Å². The number of amides is 1. The van der Waals surface area contributed by atoms with Gasteiger partial charge in [0.1, 0.15) is 0 Å². The summed E-state index contributed by atoms with van der Waals surface area (Å²) >= 11 is 0. The topological polar surface area (TPSA) is 46.1 Å². The van der Waals surface area contributed by atoms with Crippen molar-refractivity contribution in [2.24, 2.45) is 5.41 Å². The van der Waals surface area contributed by atoms with Gasteiger partial charge in [0.15, 0.2) is 0 Å². The van der Waals surface area contributed by atoms with Crippen LogP contribution in [0.5, 0.6) is 0 Å². The van der Waals surface area contributed by atoms with E-state index in [9.17, 15) is 4.79 Å². The smallest absolute Gasteiger partial charge is 0.235 e. The number of hydrogen-bond donors (Lipinski definition) is 0. The number of piperidine rings is 1. The van der Waals surface area contributed by atoms with Crippen LogP contribution in [0.1, 0.15) is 75.4 Å².